The van der Waals surface area contributed by atoms with Crippen LogP contribution in [0.15, 0.2) is 72.8 Å². The highest BCUT2D eigenvalue weighted by Gasteiger charge is 2.15. The lowest BCUT2D eigenvalue weighted by molar-refractivity contribution is -0.116. The Kier molecular flexibility index (Phi) is 5.91. The molecule has 0 saturated carbocycles. The molecule has 34 heavy (non-hydrogen) atoms. The number of aromatic nitrogens is 3. The van der Waals surface area contributed by atoms with Crippen LogP contribution >= 0.6 is 0 Å². The molecule has 0 spiro atoms. The van der Waals surface area contributed by atoms with E-state index >= 15 is 0 Å². The third-order valence-electron chi connectivity index (χ3n) is 5.64. The first kappa shape index (κ1) is 21.6. The van der Waals surface area contributed by atoms with Crippen molar-refractivity contribution in [2.24, 2.45) is 0 Å². The number of amides is 1. The van der Waals surface area contributed by atoms with E-state index in [2.05, 4.69) is 5.32 Å². The van der Waals surface area contributed by atoms with Crippen LogP contribution in [0.2, 0.25) is 0 Å². The van der Waals surface area contributed by atoms with Crippen LogP contribution in [0.3, 0.4) is 0 Å². The molecule has 0 unspecified atom stereocenters. The summed E-state index contributed by atoms with van der Waals surface area (Å²) in [6.07, 6.45) is 0.998. The first-order chi connectivity index (χ1) is 16.6. The van der Waals surface area contributed by atoms with Crippen molar-refractivity contribution in [1.29, 1.82) is 0 Å². The van der Waals surface area contributed by atoms with Crippen molar-refractivity contribution in [3.63, 3.8) is 0 Å². The minimum Gasteiger partial charge on any atom is -0.462 e. The number of nitrogens with zero attached hydrogens (tertiary/aromatic N) is 3. The van der Waals surface area contributed by atoms with Gasteiger partial charge in [0, 0.05) is 24.0 Å². The smallest absolute Gasteiger partial charge is 0.338 e. The second-order valence-electron chi connectivity index (χ2n) is 8.07. The normalized spacial score (nSPS) is 11.2. The molecule has 2 aromatic heterocycles. The van der Waals surface area contributed by atoms with Gasteiger partial charge in [-0.05, 0) is 42.8 Å². The summed E-state index contributed by atoms with van der Waals surface area (Å²) in [5, 5.41) is 3.89. The molecule has 0 atom stereocenters. The Hall–Kier alpha value is -4.26. The number of aryl methyl sites for hydroxylation is 1. The molecule has 0 radical (unpaired) electrons. The highest BCUT2D eigenvalue weighted by molar-refractivity contribution is 6.06. The maximum absolute atomic E-state index is 12.8. The highest BCUT2D eigenvalue weighted by atomic mass is 16.5. The van der Waals surface area contributed by atoms with E-state index in [1.54, 1.807) is 24.3 Å². The van der Waals surface area contributed by atoms with E-state index in [1.807, 2.05) is 60.0 Å². The second-order valence-corrected chi connectivity index (χ2v) is 8.07. The van der Waals surface area contributed by atoms with Crippen LogP contribution < -0.4 is 5.32 Å². The van der Waals surface area contributed by atoms with Crippen molar-refractivity contribution in [3.05, 3.63) is 78.4 Å². The third-order valence-corrected chi connectivity index (χ3v) is 5.64. The molecule has 2 heterocycles. The standard InChI is InChI=1S/C27H24N4O3/c1-2-16-34-27(33)18-8-7-9-19(17-18)28-24(32)14-15-31-23-13-6-3-10-20(23)25-26(31)30-22-12-5-4-11-21(22)29-25/h3-13,17H,2,14-16H2,1H3,(H,28,32). The molecule has 3 aromatic carbocycles. The first-order valence-corrected chi connectivity index (χ1v) is 11.3. The van der Waals surface area contributed by atoms with Crippen molar-refractivity contribution in [2.75, 3.05) is 11.9 Å². The van der Waals surface area contributed by atoms with E-state index in [0.717, 1.165) is 39.5 Å². The van der Waals surface area contributed by atoms with Crippen LogP contribution in [0.1, 0.15) is 30.1 Å². The summed E-state index contributed by atoms with van der Waals surface area (Å²) >= 11 is 0. The van der Waals surface area contributed by atoms with Gasteiger partial charge in [0.1, 0.15) is 5.52 Å². The van der Waals surface area contributed by atoms with E-state index in [-0.39, 0.29) is 12.3 Å². The third kappa shape index (κ3) is 4.20. The topological polar surface area (TPSA) is 86.1 Å². The minimum absolute atomic E-state index is 0.154. The molecule has 1 N–H and O–H groups in total. The Bertz CT molecular complexity index is 1520. The Morgan fingerprint density at radius 1 is 0.941 bits per heavy atom. The van der Waals surface area contributed by atoms with Gasteiger partial charge in [0.05, 0.1) is 28.7 Å². The number of esters is 1. The van der Waals surface area contributed by atoms with Gasteiger partial charge in [-0.15, -0.1) is 0 Å². The molecular weight excluding hydrogens is 428 g/mol. The quantitative estimate of drug-likeness (QED) is 0.337. The monoisotopic (exact) mass is 452 g/mol. The number of carbonyl (C=O) groups is 2. The maximum atomic E-state index is 12.8. The lowest BCUT2D eigenvalue weighted by Gasteiger charge is -2.09. The lowest BCUT2D eigenvalue weighted by Crippen LogP contribution is -2.15. The number of hydrogen-bond acceptors (Lipinski definition) is 5. The number of fused-ring (bicyclic) bond motifs is 4. The predicted octanol–water partition coefficient (Wildman–Crippen LogP) is 5.33. The summed E-state index contributed by atoms with van der Waals surface area (Å²) in [5.74, 6) is -0.548. The number of rotatable bonds is 7. The van der Waals surface area contributed by atoms with E-state index in [4.69, 9.17) is 14.7 Å². The molecule has 7 heteroatoms. The van der Waals surface area contributed by atoms with Crippen LogP contribution in [-0.2, 0) is 16.1 Å². The molecule has 0 aliphatic rings. The Balaban J connectivity index is 1.38. The van der Waals surface area contributed by atoms with E-state index < -0.39 is 5.97 Å². The Morgan fingerprint density at radius 3 is 2.53 bits per heavy atom. The van der Waals surface area contributed by atoms with Gasteiger partial charge in [-0.1, -0.05) is 43.3 Å². The molecule has 0 aliphatic heterocycles. The van der Waals surface area contributed by atoms with Crippen LogP contribution in [0.4, 0.5) is 5.69 Å². The Morgan fingerprint density at radius 2 is 1.71 bits per heavy atom. The van der Waals surface area contributed by atoms with Gasteiger partial charge in [-0.25, -0.2) is 14.8 Å². The predicted molar refractivity (Wildman–Crippen MR) is 133 cm³/mol. The minimum atomic E-state index is -0.394. The van der Waals surface area contributed by atoms with Crippen molar-refractivity contribution >= 4 is 50.7 Å². The SMILES string of the molecule is CCCOC(=O)c1cccc(NC(=O)CCn2c3ccccc3c3nc4ccccc4nc32)c1. The first-order valence-electron chi connectivity index (χ1n) is 11.3. The fourth-order valence-electron chi connectivity index (χ4n) is 4.05. The average Bonchev–Trinajstić information content (AvgIpc) is 3.17. The maximum Gasteiger partial charge on any atom is 0.338 e. The van der Waals surface area contributed by atoms with Crippen LogP contribution in [-0.4, -0.2) is 33.0 Å². The lowest BCUT2D eigenvalue weighted by atomic mass is 10.2. The molecule has 170 valence electrons. The van der Waals surface area contributed by atoms with Crippen molar-refractivity contribution in [1.82, 2.24) is 14.5 Å². The van der Waals surface area contributed by atoms with Gasteiger partial charge in [-0.2, -0.15) is 0 Å². The van der Waals surface area contributed by atoms with Crippen LogP contribution in [0, 0.1) is 0 Å². The molecular formula is C27H24N4O3. The molecule has 1 amide bonds. The van der Waals surface area contributed by atoms with Crippen LogP contribution in [0.25, 0.3) is 33.1 Å². The summed E-state index contributed by atoms with van der Waals surface area (Å²) in [5.41, 5.74) is 5.20. The van der Waals surface area contributed by atoms with Gasteiger partial charge >= 0.3 is 5.97 Å². The van der Waals surface area contributed by atoms with Gasteiger partial charge in [0.25, 0.3) is 0 Å². The number of benzene rings is 3. The van der Waals surface area contributed by atoms with Crippen molar-refractivity contribution in [3.8, 4) is 0 Å². The molecule has 7 nitrogen and oxygen atoms in total. The second kappa shape index (κ2) is 9.31. The zero-order valence-electron chi connectivity index (χ0n) is 18.8. The van der Waals surface area contributed by atoms with Gasteiger partial charge < -0.3 is 14.6 Å². The summed E-state index contributed by atoms with van der Waals surface area (Å²) in [7, 11) is 0. The fourth-order valence-corrected chi connectivity index (χ4v) is 4.05. The van der Waals surface area contributed by atoms with E-state index in [0.29, 0.717) is 24.4 Å². The number of anilines is 1. The van der Waals surface area contributed by atoms with Gasteiger partial charge in [-0.3, -0.25) is 4.79 Å². The number of hydrogen-bond donors (Lipinski definition) is 1. The number of nitrogens with one attached hydrogen (secondary N) is 1. The van der Waals surface area contributed by atoms with E-state index in [9.17, 15) is 9.59 Å². The average molecular weight is 453 g/mol. The molecule has 5 aromatic rings. The van der Waals surface area contributed by atoms with Crippen LogP contribution in [0.5, 0.6) is 0 Å². The zero-order chi connectivity index (χ0) is 23.5. The molecule has 0 bridgehead atoms. The summed E-state index contributed by atoms with van der Waals surface area (Å²) in [4.78, 5) is 34.6. The number of carbonyl (C=O) groups excluding carboxylic acids is 2. The number of para-hydroxylation sites is 3. The summed E-state index contributed by atoms with van der Waals surface area (Å²) in [6.45, 7) is 2.75. The molecule has 0 aliphatic carbocycles. The fraction of sp³-hybridized carbons (Fsp3) is 0.185. The Labute approximate surface area is 196 Å². The van der Waals surface area contributed by atoms with Gasteiger partial charge in [0.15, 0.2) is 5.65 Å². The summed E-state index contributed by atoms with van der Waals surface area (Å²) < 4.78 is 7.22. The molecule has 0 fully saturated rings. The highest BCUT2D eigenvalue weighted by Crippen LogP contribution is 2.28. The molecule has 5 rings (SSSR count). The molecule has 0 saturated heterocycles. The zero-order valence-corrected chi connectivity index (χ0v) is 18.8. The number of ether oxygens (including phenoxy) is 1. The van der Waals surface area contributed by atoms with Crippen molar-refractivity contribution in [2.45, 2.75) is 26.3 Å². The van der Waals surface area contributed by atoms with Crippen molar-refractivity contribution < 1.29 is 14.3 Å². The van der Waals surface area contributed by atoms with E-state index in [1.165, 1.54) is 0 Å². The largest absolute Gasteiger partial charge is 0.462 e. The summed E-state index contributed by atoms with van der Waals surface area (Å²) in [6, 6.07) is 22.6. The van der Waals surface area contributed by atoms with Gasteiger partial charge in [0.2, 0.25) is 5.91 Å².